The van der Waals surface area contributed by atoms with Crippen molar-refractivity contribution in [2.75, 3.05) is 49.8 Å². The zero-order valence-corrected chi connectivity index (χ0v) is 19.7. The van der Waals surface area contributed by atoms with Gasteiger partial charge in [-0.25, -0.2) is 14.4 Å². The first-order valence-corrected chi connectivity index (χ1v) is 10.9. The van der Waals surface area contributed by atoms with Gasteiger partial charge < -0.3 is 25.0 Å². The Hall–Kier alpha value is -4.31. The summed E-state index contributed by atoms with van der Waals surface area (Å²) >= 11 is 0. The number of nitrogens with zero attached hydrogens (tertiary/aromatic N) is 5. The number of amides is 1. The van der Waals surface area contributed by atoms with Crippen LogP contribution >= 0.6 is 0 Å². The molecule has 0 aliphatic heterocycles. The van der Waals surface area contributed by atoms with E-state index < -0.39 is 0 Å². The lowest BCUT2D eigenvalue weighted by atomic mass is 10.1. The van der Waals surface area contributed by atoms with Crippen LogP contribution in [0.4, 0.5) is 27.4 Å². The van der Waals surface area contributed by atoms with Crippen molar-refractivity contribution in [3.05, 3.63) is 67.1 Å². The van der Waals surface area contributed by atoms with Crippen molar-refractivity contribution in [3.8, 4) is 11.3 Å². The SMILES string of the molecule is C=CC(=O)Nc1cc(Nc2ncc3noc(-c4cccc(F)c4)c3n2)ccc1N(C)CCN(C)C. The van der Waals surface area contributed by atoms with E-state index in [-0.39, 0.29) is 11.7 Å². The molecule has 2 aromatic carbocycles. The average Bonchev–Trinajstić information content (AvgIpc) is 3.26. The molecule has 2 aromatic heterocycles. The maximum absolute atomic E-state index is 13.7. The molecular formula is C25H26FN7O2. The summed E-state index contributed by atoms with van der Waals surface area (Å²) in [7, 11) is 5.98. The maximum Gasteiger partial charge on any atom is 0.247 e. The Kier molecular flexibility index (Phi) is 7.02. The average molecular weight is 476 g/mol. The first-order valence-electron chi connectivity index (χ1n) is 10.9. The number of hydrogen-bond donors (Lipinski definition) is 2. The van der Waals surface area contributed by atoms with Crippen molar-refractivity contribution in [2.45, 2.75) is 0 Å². The van der Waals surface area contributed by atoms with Crippen LogP contribution < -0.4 is 15.5 Å². The summed E-state index contributed by atoms with van der Waals surface area (Å²) in [4.78, 5) is 25.0. The molecule has 180 valence electrons. The molecule has 0 unspecified atom stereocenters. The fraction of sp³-hybridized carbons (Fsp3) is 0.200. The van der Waals surface area contributed by atoms with Crippen LogP contribution in [-0.4, -0.2) is 60.2 Å². The zero-order chi connectivity index (χ0) is 24.9. The van der Waals surface area contributed by atoms with E-state index in [0.717, 1.165) is 18.8 Å². The molecular weight excluding hydrogens is 449 g/mol. The van der Waals surface area contributed by atoms with E-state index in [4.69, 9.17) is 4.52 Å². The smallest absolute Gasteiger partial charge is 0.247 e. The molecule has 0 aliphatic rings. The van der Waals surface area contributed by atoms with Crippen molar-refractivity contribution in [2.24, 2.45) is 0 Å². The second kappa shape index (κ2) is 10.3. The van der Waals surface area contributed by atoms with Gasteiger partial charge in [0.2, 0.25) is 11.9 Å². The van der Waals surface area contributed by atoms with Gasteiger partial charge in [-0.1, -0.05) is 23.9 Å². The van der Waals surface area contributed by atoms with Gasteiger partial charge in [-0.3, -0.25) is 4.79 Å². The van der Waals surface area contributed by atoms with Gasteiger partial charge in [0, 0.05) is 31.4 Å². The Labute approximate surface area is 202 Å². The summed E-state index contributed by atoms with van der Waals surface area (Å²) in [5, 5.41) is 9.99. The highest BCUT2D eigenvalue weighted by molar-refractivity contribution is 6.01. The summed E-state index contributed by atoms with van der Waals surface area (Å²) < 4.78 is 19.1. The van der Waals surface area contributed by atoms with Gasteiger partial charge in [0.15, 0.2) is 11.3 Å². The molecule has 0 spiro atoms. The molecule has 10 heteroatoms. The number of fused-ring (bicyclic) bond motifs is 1. The molecule has 0 saturated heterocycles. The number of carbonyl (C=O) groups excluding carboxylic acids is 1. The zero-order valence-electron chi connectivity index (χ0n) is 19.7. The van der Waals surface area contributed by atoms with E-state index in [0.29, 0.717) is 39.7 Å². The molecule has 9 nitrogen and oxygen atoms in total. The Bertz CT molecular complexity index is 1370. The minimum atomic E-state index is -0.385. The molecule has 4 rings (SSSR count). The number of aromatic nitrogens is 3. The summed E-state index contributed by atoms with van der Waals surface area (Å²) in [5.74, 6) is -0.0507. The predicted molar refractivity (Wildman–Crippen MR) is 135 cm³/mol. The Morgan fingerprint density at radius 1 is 1.17 bits per heavy atom. The summed E-state index contributed by atoms with van der Waals surface area (Å²) in [6.07, 6.45) is 2.75. The van der Waals surface area contributed by atoms with Crippen LogP contribution in [0, 0.1) is 5.82 Å². The van der Waals surface area contributed by atoms with E-state index in [2.05, 4.69) is 42.1 Å². The number of rotatable bonds is 9. The molecule has 0 saturated carbocycles. The lowest BCUT2D eigenvalue weighted by molar-refractivity contribution is -0.111. The quantitative estimate of drug-likeness (QED) is 0.346. The van der Waals surface area contributed by atoms with Gasteiger partial charge >= 0.3 is 0 Å². The molecule has 0 radical (unpaired) electrons. The van der Waals surface area contributed by atoms with Gasteiger partial charge in [0.25, 0.3) is 0 Å². The first kappa shape index (κ1) is 23.8. The predicted octanol–water partition coefficient (Wildman–Crippen LogP) is 4.29. The fourth-order valence-electron chi connectivity index (χ4n) is 3.46. The third-order valence-electron chi connectivity index (χ3n) is 5.30. The number of benzene rings is 2. The summed E-state index contributed by atoms with van der Waals surface area (Å²) in [6.45, 7) is 5.16. The fourth-order valence-corrected chi connectivity index (χ4v) is 3.46. The van der Waals surface area contributed by atoms with Gasteiger partial charge in [0.1, 0.15) is 11.3 Å². The van der Waals surface area contributed by atoms with Crippen molar-refractivity contribution in [3.63, 3.8) is 0 Å². The normalized spacial score (nSPS) is 11.0. The van der Waals surface area contributed by atoms with Crippen LogP contribution in [-0.2, 0) is 4.79 Å². The van der Waals surface area contributed by atoms with E-state index in [1.165, 1.54) is 24.4 Å². The van der Waals surface area contributed by atoms with Crippen molar-refractivity contribution >= 4 is 40.0 Å². The molecule has 2 N–H and O–H groups in total. The van der Waals surface area contributed by atoms with Crippen molar-refractivity contribution in [1.82, 2.24) is 20.0 Å². The highest BCUT2D eigenvalue weighted by Crippen LogP contribution is 2.31. The lowest BCUT2D eigenvalue weighted by Gasteiger charge is -2.24. The Balaban J connectivity index is 1.64. The third-order valence-corrected chi connectivity index (χ3v) is 5.30. The van der Waals surface area contributed by atoms with E-state index in [1.807, 2.05) is 33.3 Å². The maximum atomic E-state index is 13.7. The Morgan fingerprint density at radius 3 is 2.74 bits per heavy atom. The van der Waals surface area contributed by atoms with E-state index in [1.54, 1.807) is 18.2 Å². The van der Waals surface area contributed by atoms with Crippen LogP contribution in [0.1, 0.15) is 0 Å². The third kappa shape index (κ3) is 5.61. The van der Waals surface area contributed by atoms with Gasteiger partial charge in [0.05, 0.1) is 17.6 Å². The van der Waals surface area contributed by atoms with Crippen LogP contribution in [0.3, 0.4) is 0 Å². The number of likely N-dealkylation sites (N-methyl/N-ethyl adjacent to an activating group) is 2. The summed E-state index contributed by atoms with van der Waals surface area (Å²) in [5.41, 5.74) is 3.57. The van der Waals surface area contributed by atoms with Gasteiger partial charge in [-0.15, -0.1) is 0 Å². The second-order valence-electron chi connectivity index (χ2n) is 8.22. The summed E-state index contributed by atoms with van der Waals surface area (Å²) in [6, 6.07) is 11.6. The van der Waals surface area contributed by atoms with Gasteiger partial charge in [-0.05, 0) is 50.5 Å². The van der Waals surface area contributed by atoms with Crippen LogP contribution in [0.15, 0.2) is 65.8 Å². The number of anilines is 4. The number of hydrogen-bond acceptors (Lipinski definition) is 8. The van der Waals surface area contributed by atoms with E-state index in [9.17, 15) is 9.18 Å². The Morgan fingerprint density at radius 2 is 2.00 bits per heavy atom. The number of carbonyl (C=O) groups is 1. The monoisotopic (exact) mass is 475 g/mol. The van der Waals surface area contributed by atoms with E-state index >= 15 is 0 Å². The topological polar surface area (TPSA) is 99.4 Å². The molecule has 4 aromatic rings. The second-order valence-corrected chi connectivity index (χ2v) is 8.22. The van der Waals surface area contributed by atoms with Crippen molar-refractivity contribution < 1.29 is 13.7 Å². The van der Waals surface area contributed by atoms with Crippen LogP contribution in [0.25, 0.3) is 22.4 Å². The molecule has 2 heterocycles. The van der Waals surface area contributed by atoms with Crippen LogP contribution in [0.5, 0.6) is 0 Å². The molecule has 35 heavy (non-hydrogen) atoms. The standard InChI is InChI=1S/C25H26FN7O2/c1-5-22(34)29-19-14-18(9-10-21(19)33(4)12-11-32(2)3)28-25-27-15-20-23(30-25)24(35-31-20)16-7-6-8-17(26)13-16/h5-10,13-15H,1,11-12H2,2-4H3,(H,28,30)(H,29,34). The molecule has 0 fully saturated rings. The van der Waals surface area contributed by atoms with Crippen LogP contribution in [0.2, 0.25) is 0 Å². The minimum Gasteiger partial charge on any atom is -0.372 e. The number of halogens is 1. The van der Waals surface area contributed by atoms with Crippen molar-refractivity contribution in [1.29, 1.82) is 0 Å². The molecule has 0 bridgehead atoms. The molecule has 0 aliphatic carbocycles. The highest BCUT2D eigenvalue weighted by Gasteiger charge is 2.16. The lowest BCUT2D eigenvalue weighted by Crippen LogP contribution is -2.29. The molecule has 0 atom stereocenters. The first-order chi connectivity index (χ1) is 16.8. The largest absolute Gasteiger partial charge is 0.372 e. The highest BCUT2D eigenvalue weighted by atomic mass is 19.1. The molecule has 1 amide bonds. The van der Waals surface area contributed by atoms with Gasteiger partial charge in [-0.2, -0.15) is 0 Å². The number of nitrogens with one attached hydrogen (secondary N) is 2. The minimum absolute atomic E-state index is 0.299.